The summed E-state index contributed by atoms with van der Waals surface area (Å²) < 4.78 is 0. The smallest absolute Gasteiger partial charge is 0.161 e. The van der Waals surface area contributed by atoms with Gasteiger partial charge in [0.25, 0.3) is 0 Å². The van der Waals surface area contributed by atoms with Crippen LogP contribution < -0.4 is 11.1 Å². The Morgan fingerprint density at radius 2 is 1.39 bits per heavy atom. The number of aromatic nitrogens is 2. The molecule has 31 heavy (non-hydrogen) atoms. The third-order valence-electron chi connectivity index (χ3n) is 5.23. The first kappa shape index (κ1) is 20.6. The number of nitrogens with zero attached hydrogens (tertiary/aromatic N) is 2. The second-order valence-corrected chi connectivity index (χ2v) is 7.70. The zero-order valence-corrected chi connectivity index (χ0v) is 17.7. The van der Waals surface area contributed by atoms with Crippen molar-refractivity contribution in [2.45, 2.75) is 25.7 Å². The van der Waals surface area contributed by atoms with E-state index in [1.807, 2.05) is 30.3 Å². The highest BCUT2D eigenvalue weighted by Crippen LogP contribution is 2.21. The van der Waals surface area contributed by atoms with Crippen LogP contribution in [-0.2, 0) is 19.3 Å². The Bertz CT molecular complexity index is 1030. The van der Waals surface area contributed by atoms with Gasteiger partial charge in [0.05, 0.1) is 0 Å². The molecule has 0 aliphatic heterocycles. The summed E-state index contributed by atoms with van der Waals surface area (Å²) in [4.78, 5) is 9.60. The minimum absolute atomic E-state index is 0.715. The zero-order valence-electron chi connectivity index (χ0n) is 17.7. The molecule has 0 radical (unpaired) electrons. The lowest BCUT2D eigenvalue weighted by Gasteiger charge is -2.11. The molecule has 4 aromatic rings. The van der Waals surface area contributed by atoms with Crippen LogP contribution in [0.4, 0.5) is 11.5 Å². The SMILES string of the molecule is Nc1cccc(-c2nc(CCCc3ccccc3)cc(NCCc3ccccc3)n2)c1. The Kier molecular flexibility index (Phi) is 6.91. The highest BCUT2D eigenvalue weighted by molar-refractivity contribution is 5.62. The number of rotatable bonds is 9. The van der Waals surface area contributed by atoms with Crippen LogP contribution in [0.1, 0.15) is 23.2 Å². The van der Waals surface area contributed by atoms with Crippen LogP contribution >= 0.6 is 0 Å². The highest BCUT2D eigenvalue weighted by Gasteiger charge is 2.08. The fourth-order valence-corrected chi connectivity index (χ4v) is 3.62. The summed E-state index contributed by atoms with van der Waals surface area (Å²) >= 11 is 0. The molecule has 0 saturated carbocycles. The first-order valence-corrected chi connectivity index (χ1v) is 10.8. The van der Waals surface area contributed by atoms with E-state index in [-0.39, 0.29) is 0 Å². The van der Waals surface area contributed by atoms with Gasteiger partial charge in [0.1, 0.15) is 5.82 Å². The molecule has 1 aromatic heterocycles. The maximum Gasteiger partial charge on any atom is 0.161 e. The predicted octanol–water partition coefficient (Wildman–Crippen LogP) is 5.56. The van der Waals surface area contributed by atoms with Crippen molar-refractivity contribution < 1.29 is 0 Å². The zero-order chi connectivity index (χ0) is 21.3. The monoisotopic (exact) mass is 408 g/mol. The van der Waals surface area contributed by atoms with Gasteiger partial charge in [-0.25, -0.2) is 9.97 Å². The van der Waals surface area contributed by atoms with Crippen LogP contribution in [0.2, 0.25) is 0 Å². The summed E-state index contributed by atoms with van der Waals surface area (Å²) in [5.41, 5.74) is 11.4. The van der Waals surface area contributed by atoms with E-state index in [1.54, 1.807) is 0 Å². The minimum atomic E-state index is 0.715. The molecule has 0 bridgehead atoms. The average molecular weight is 409 g/mol. The van der Waals surface area contributed by atoms with Crippen molar-refractivity contribution in [1.82, 2.24) is 9.97 Å². The lowest BCUT2D eigenvalue weighted by molar-refractivity contribution is 0.796. The second-order valence-electron chi connectivity index (χ2n) is 7.70. The van der Waals surface area contributed by atoms with Crippen molar-refractivity contribution in [2.75, 3.05) is 17.6 Å². The topological polar surface area (TPSA) is 63.8 Å². The molecule has 0 aliphatic rings. The van der Waals surface area contributed by atoms with E-state index in [0.29, 0.717) is 11.5 Å². The summed E-state index contributed by atoms with van der Waals surface area (Å²) in [5.74, 6) is 1.57. The maximum atomic E-state index is 5.99. The molecule has 3 aromatic carbocycles. The summed E-state index contributed by atoms with van der Waals surface area (Å²) in [7, 11) is 0. The third-order valence-corrected chi connectivity index (χ3v) is 5.23. The molecule has 156 valence electrons. The molecular formula is C27H28N4. The van der Waals surface area contributed by atoms with Crippen LogP contribution in [0, 0.1) is 0 Å². The van der Waals surface area contributed by atoms with Gasteiger partial charge in [0, 0.05) is 29.6 Å². The molecule has 0 aliphatic carbocycles. The van der Waals surface area contributed by atoms with Gasteiger partial charge in [-0.2, -0.15) is 0 Å². The molecule has 0 amide bonds. The number of benzene rings is 3. The fraction of sp³-hybridized carbons (Fsp3) is 0.185. The maximum absolute atomic E-state index is 5.99. The number of nitrogen functional groups attached to an aromatic ring is 1. The molecule has 3 N–H and O–H groups in total. The molecule has 1 heterocycles. The van der Waals surface area contributed by atoms with E-state index < -0.39 is 0 Å². The van der Waals surface area contributed by atoms with Gasteiger partial charge in [-0.15, -0.1) is 0 Å². The van der Waals surface area contributed by atoms with Crippen LogP contribution in [-0.4, -0.2) is 16.5 Å². The van der Waals surface area contributed by atoms with E-state index in [9.17, 15) is 0 Å². The van der Waals surface area contributed by atoms with E-state index in [1.165, 1.54) is 11.1 Å². The fourth-order valence-electron chi connectivity index (χ4n) is 3.62. The largest absolute Gasteiger partial charge is 0.399 e. The molecule has 4 nitrogen and oxygen atoms in total. The quantitative estimate of drug-likeness (QED) is 0.356. The Balaban J connectivity index is 1.48. The van der Waals surface area contributed by atoms with Gasteiger partial charge in [-0.1, -0.05) is 72.8 Å². The Labute approximate surface area is 184 Å². The second kappa shape index (κ2) is 10.4. The van der Waals surface area contributed by atoms with E-state index in [0.717, 1.165) is 49.3 Å². The molecule has 4 rings (SSSR count). The van der Waals surface area contributed by atoms with Gasteiger partial charge in [0.15, 0.2) is 5.82 Å². The number of nitrogens with one attached hydrogen (secondary N) is 1. The number of nitrogens with two attached hydrogens (primary N) is 1. The first-order chi connectivity index (χ1) is 15.3. The summed E-state index contributed by atoms with van der Waals surface area (Å²) in [6, 6.07) is 30.9. The van der Waals surface area contributed by atoms with Crippen molar-refractivity contribution >= 4 is 11.5 Å². The Morgan fingerprint density at radius 3 is 2.10 bits per heavy atom. The van der Waals surface area contributed by atoms with Gasteiger partial charge in [0.2, 0.25) is 0 Å². The predicted molar refractivity (Wildman–Crippen MR) is 129 cm³/mol. The van der Waals surface area contributed by atoms with Crippen molar-refractivity contribution in [1.29, 1.82) is 0 Å². The minimum Gasteiger partial charge on any atom is -0.399 e. The van der Waals surface area contributed by atoms with Gasteiger partial charge < -0.3 is 11.1 Å². The van der Waals surface area contributed by atoms with E-state index >= 15 is 0 Å². The standard InChI is InChI=1S/C27H28N4/c28-24-15-8-14-23(19-24)27-30-25(16-7-13-21-9-3-1-4-10-21)20-26(31-27)29-18-17-22-11-5-2-6-12-22/h1-6,8-12,14-15,19-20H,7,13,16-18,28H2,(H,29,30,31). The normalized spacial score (nSPS) is 10.7. The van der Waals surface area contributed by atoms with Crippen molar-refractivity contribution in [3.05, 3.63) is 108 Å². The molecular weight excluding hydrogens is 380 g/mol. The highest BCUT2D eigenvalue weighted by atomic mass is 15.0. The average Bonchev–Trinajstić information content (AvgIpc) is 2.80. The lowest BCUT2D eigenvalue weighted by Crippen LogP contribution is -2.09. The molecule has 0 fully saturated rings. The summed E-state index contributed by atoms with van der Waals surface area (Å²) in [6.07, 6.45) is 3.93. The van der Waals surface area contributed by atoms with Crippen LogP contribution in [0.15, 0.2) is 91.0 Å². The number of aryl methyl sites for hydroxylation is 2. The Hall–Kier alpha value is -3.66. The molecule has 0 saturated heterocycles. The van der Waals surface area contributed by atoms with Crippen LogP contribution in [0.3, 0.4) is 0 Å². The van der Waals surface area contributed by atoms with Gasteiger partial charge >= 0.3 is 0 Å². The molecule has 0 atom stereocenters. The van der Waals surface area contributed by atoms with Crippen molar-refractivity contribution in [3.63, 3.8) is 0 Å². The first-order valence-electron chi connectivity index (χ1n) is 10.8. The molecule has 0 unspecified atom stereocenters. The molecule has 0 spiro atoms. The summed E-state index contributed by atoms with van der Waals surface area (Å²) in [5, 5.41) is 3.48. The molecule has 4 heteroatoms. The van der Waals surface area contributed by atoms with Gasteiger partial charge in [-0.05, 0) is 48.9 Å². The van der Waals surface area contributed by atoms with Gasteiger partial charge in [-0.3, -0.25) is 0 Å². The van der Waals surface area contributed by atoms with E-state index in [4.69, 9.17) is 15.7 Å². The van der Waals surface area contributed by atoms with Crippen LogP contribution in [0.25, 0.3) is 11.4 Å². The van der Waals surface area contributed by atoms with Crippen molar-refractivity contribution in [3.8, 4) is 11.4 Å². The number of hydrogen-bond acceptors (Lipinski definition) is 4. The number of hydrogen-bond donors (Lipinski definition) is 2. The Morgan fingerprint density at radius 1 is 0.677 bits per heavy atom. The third kappa shape index (κ3) is 6.16. The van der Waals surface area contributed by atoms with Crippen molar-refractivity contribution in [2.24, 2.45) is 0 Å². The van der Waals surface area contributed by atoms with Crippen LogP contribution in [0.5, 0.6) is 0 Å². The van der Waals surface area contributed by atoms with E-state index in [2.05, 4.69) is 66.0 Å². The summed E-state index contributed by atoms with van der Waals surface area (Å²) in [6.45, 7) is 0.820. The number of anilines is 2. The lowest BCUT2D eigenvalue weighted by atomic mass is 10.1.